The number of hydrogen-bond donors (Lipinski definition) is 1. The van der Waals surface area contributed by atoms with E-state index in [0.29, 0.717) is 0 Å². The summed E-state index contributed by atoms with van der Waals surface area (Å²) < 4.78 is 64.5. The van der Waals surface area contributed by atoms with E-state index in [1.807, 2.05) is 0 Å². The van der Waals surface area contributed by atoms with Gasteiger partial charge in [0.15, 0.2) is 0 Å². The highest BCUT2D eigenvalue weighted by Crippen LogP contribution is 2.24. The number of alkyl halides is 3. The van der Waals surface area contributed by atoms with Gasteiger partial charge in [0.25, 0.3) is 0 Å². The first-order valence-electron chi connectivity index (χ1n) is 5.21. The summed E-state index contributed by atoms with van der Waals surface area (Å²) in [7, 11) is -5.43. The van der Waals surface area contributed by atoms with Crippen LogP contribution in [-0.2, 0) is 19.6 Å². The second-order valence-electron chi connectivity index (χ2n) is 4.60. The zero-order valence-electron chi connectivity index (χ0n) is 10.8. The Morgan fingerprint density at radius 3 is 2.16 bits per heavy atom. The summed E-state index contributed by atoms with van der Waals surface area (Å²) in [6, 6.07) is 0. The Morgan fingerprint density at radius 1 is 1.32 bits per heavy atom. The molecule has 0 fully saturated rings. The summed E-state index contributed by atoms with van der Waals surface area (Å²) in [5.74, 6) is -0.686. The lowest BCUT2D eigenvalue weighted by atomic mass is 10.0. The van der Waals surface area contributed by atoms with Gasteiger partial charge in [-0.15, -0.1) is 0 Å². The van der Waals surface area contributed by atoms with Crippen molar-refractivity contribution in [3.8, 4) is 0 Å². The average Bonchev–Trinajstić information content (AvgIpc) is 2.13. The van der Waals surface area contributed by atoms with Crippen molar-refractivity contribution in [3.63, 3.8) is 0 Å². The highest BCUT2D eigenvalue weighted by atomic mass is 32.2. The van der Waals surface area contributed by atoms with Crippen molar-refractivity contribution in [1.82, 2.24) is 4.72 Å². The number of rotatable bonds is 6. The van der Waals surface area contributed by atoms with Crippen molar-refractivity contribution < 1.29 is 31.1 Å². The summed E-state index contributed by atoms with van der Waals surface area (Å²) in [6.07, 6.45) is -0.110. The average molecular weight is 303 g/mol. The van der Waals surface area contributed by atoms with E-state index in [-0.39, 0.29) is 18.6 Å². The van der Waals surface area contributed by atoms with E-state index >= 15 is 0 Å². The fraction of sp³-hybridized carbons (Fsp3) is 0.700. The Balaban J connectivity index is 4.51. The molecule has 9 heteroatoms. The van der Waals surface area contributed by atoms with E-state index in [0.717, 1.165) is 0 Å². The molecule has 0 aromatic carbocycles. The molecule has 0 saturated carbocycles. The lowest BCUT2D eigenvalue weighted by molar-refractivity contribution is -0.139. The topological polar surface area (TPSA) is 72.5 Å². The summed E-state index contributed by atoms with van der Waals surface area (Å²) >= 11 is 0. The predicted molar refractivity (Wildman–Crippen MR) is 62.6 cm³/mol. The maximum absolute atomic E-state index is 12.2. The first-order chi connectivity index (χ1) is 8.28. The van der Waals surface area contributed by atoms with E-state index in [4.69, 9.17) is 0 Å². The largest absolute Gasteiger partial charge is 0.511 e. The number of nitrogens with one attached hydrogen (secondary N) is 1. The molecule has 0 rings (SSSR count). The fourth-order valence-electron chi connectivity index (χ4n) is 0.995. The van der Waals surface area contributed by atoms with Crippen LogP contribution < -0.4 is 4.72 Å². The van der Waals surface area contributed by atoms with Crippen LogP contribution in [-0.4, -0.2) is 32.0 Å². The van der Waals surface area contributed by atoms with Gasteiger partial charge < -0.3 is 4.74 Å². The van der Waals surface area contributed by atoms with E-state index in [1.165, 1.54) is 25.5 Å². The van der Waals surface area contributed by atoms with Crippen molar-refractivity contribution in [2.24, 2.45) is 0 Å². The Labute approximate surface area is 109 Å². The monoisotopic (exact) mass is 303 g/mol. The number of carbonyl (C=O) groups excluding carboxylic acids is 1. The molecule has 1 N–H and O–H groups in total. The minimum atomic E-state index is -5.43. The molecule has 0 amide bonds. The maximum Gasteiger partial charge on any atom is 0.511 e. The van der Waals surface area contributed by atoms with Gasteiger partial charge in [-0.2, -0.15) is 13.2 Å². The zero-order valence-corrected chi connectivity index (χ0v) is 11.6. The van der Waals surface area contributed by atoms with Crippen LogP contribution >= 0.6 is 0 Å². The van der Waals surface area contributed by atoms with Crippen LogP contribution in [0.3, 0.4) is 0 Å². The second kappa shape index (κ2) is 5.91. The first kappa shape index (κ1) is 17.9. The van der Waals surface area contributed by atoms with Gasteiger partial charge in [0.1, 0.15) is 0 Å². The third-order valence-electron chi connectivity index (χ3n) is 2.02. The molecule has 5 nitrogen and oxygen atoms in total. The standard InChI is InChI=1S/C10H16F3NO4S/c1-7(2)8(15)18-6-5-9(3,4)14-19(16,17)10(11,12)13/h14H,1,5-6H2,2-4H3. The molecular formula is C10H16F3NO4S. The summed E-state index contributed by atoms with van der Waals surface area (Å²) in [4.78, 5) is 11.0. The number of esters is 1. The molecule has 0 bridgehead atoms. The van der Waals surface area contributed by atoms with E-state index in [2.05, 4.69) is 11.3 Å². The van der Waals surface area contributed by atoms with E-state index in [9.17, 15) is 26.4 Å². The molecule has 0 saturated heterocycles. The molecule has 0 unspecified atom stereocenters. The van der Waals surface area contributed by atoms with Gasteiger partial charge >= 0.3 is 21.5 Å². The maximum atomic E-state index is 12.2. The van der Waals surface area contributed by atoms with Crippen LogP contribution in [0.4, 0.5) is 13.2 Å². The molecule has 0 spiro atoms. The third-order valence-corrected chi connectivity index (χ3v) is 3.45. The molecule has 0 atom stereocenters. The molecule has 19 heavy (non-hydrogen) atoms. The van der Waals surface area contributed by atoms with Gasteiger partial charge in [-0.1, -0.05) is 6.58 Å². The van der Waals surface area contributed by atoms with Gasteiger partial charge in [-0.05, 0) is 20.8 Å². The second-order valence-corrected chi connectivity index (χ2v) is 6.28. The van der Waals surface area contributed by atoms with Gasteiger partial charge in [0.05, 0.1) is 6.61 Å². The SMILES string of the molecule is C=C(C)C(=O)OCCC(C)(C)NS(=O)(=O)C(F)(F)F. The third kappa shape index (κ3) is 6.06. The minimum absolute atomic E-state index is 0.110. The lowest BCUT2D eigenvalue weighted by Crippen LogP contribution is -2.49. The number of halogens is 3. The van der Waals surface area contributed by atoms with Crippen LogP contribution in [0.15, 0.2) is 12.2 Å². The Kier molecular flexibility index (Phi) is 5.57. The number of ether oxygens (including phenoxy) is 1. The molecule has 112 valence electrons. The Morgan fingerprint density at radius 2 is 1.79 bits per heavy atom. The minimum Gasteiger partial charge on any atom is -0.462 e. The van der Waals surface area contributed by atoms with Crippen molar-refractivity contribution in [3.05, 3.63) is 12.2 Å². The summed E-state index contributed by atoms with van der Waals surface area (Å²) in [6.45, 7) is 7.03. The molecule has 0 heterocycles. The van der Waals surface area contributed by atoms with Crippen LogP contribution in [0.5, 0.6) is 0 Å². The van der Waals surface area contributed by atoms with Gasteiger partial charge in [-0.3, -0.25) is 0 Å². The lowest BCUT2D eigenvalue weighted by Gasteiger charge is -2.26. The fourth-order valence-corrected chi connectivity index (χ4v) is 1.94. The van der Waals surface area contributed by atoms with Crippen LogP contribution in [0.1, 0.15) is 27.2 Å². The normalized spacial score (nSPS) is 13.2. The first-order valence-corrected chi connectivity index (χ1v) is 6.70. The molecule has 0 aliphatic carbocycles. The summed E-state index contributed by atoms with van der Waals surface area (Å²) in [5.41, 5.74) is -6.63. The van der Waals surface area contributed by atoms with E-state index < -0.39 is 27.0 Å². The number of carbonyl (C=O) groups is 1. The molecule has 0 aromatic rings. The quantitative estimate of drug-likeness (QED) is 0.599. The number of sulfonamides is 1. The van der Waals surface area contributed by atoms with Crippen molar-refractivity contribution >= 4 is 16.0 Å². The van der Waals surface area contributed by atoms with Gasteiger partial charge in [0, 0.05) is 17.5 Å². The van der Waals surface area contributed by atoms with Crippen molar-refractivity contribution in [2.45, 2.75) is 38.2 Å². The van der Waals surface area contributed by atoms with Crippen LogP contribution in [0, 0.1) is 0 Å². The molecule has 0 aromatic heterocycles. The smallest absolute Gasteiger partial charge is 0.462 e. The predicted octanol–water partition coefficient (Wildman–Crippen LogP) is 1.71. The van der Waals surface area contributed by atoms with Gasteiger partial charge in [-0.25, -0.2) is 17.9 Å². The highest BCUT2D eigenvalue weighted by Gasteiger charge is 2.48. The molecule has 0 aliphatic rings. The number of hydrogen-bond acceptors (Lipinski definition) is 4. The molecular weight excluding hydrogens is 287 g/mol. The van der Waals surface area contributed by atoms with Crippen molar-refractivity contribution in [1.29, 1.82) is 0 Å². The highest BCUT2D eigenvalue weighted by molar-refractivity contribution is 7.90. The van der Waals surface area contributed by atoms with Crippen LogP contribution in [0.25, 0.3) is 0 Å². The zero-order chi connectivity index (χ0) is 15.5. The van der Waals surface area contributed by atoms with Crippen LogP contribution in [0.2, 0.25) is 0 Å². The van der Waals surface area contributed by atoms with Gasteiger partial charge in [0.2, 0.25) is 0 Å². The Hall–Kier alpha value is -1.09. The summed E-state index contributed by atoms with van der Waals surface area (Å²) in [5, 5.41) is 0. The van der Waals surface area contributed by atoms with Crippen molar-refractivity contribution in [2.75, 3.05) is 6.61 Å². The van der Waals surface area contributed by atoms with E-state index in [1.54, 1.807) is 0 Å². The Bertz CT molecular complexity index is 454. The molecule has 0 radical (unpaired) electrons. The molecule has 0 aliphatic heterocycles.